The van der Waals surface area contributed by atoms with Gasteiger partial charge in [-0.25, -0.2) is 0 Å². The summed E-state index contributed by atoms with van der Waals surface area (Å²) in [7, 11) is -1.85. The summed E-state index contributed by atoms with van der Waals surface area (Å²) in [6, 6.07) is 0. The van der Waals surface area contributed by atoms with E-state index < -0.39 is 19.4 Å². The van der Waals surface area contributed by atoms with Gasteiger partial charge in [-0.15, -0.1) is 0 Å². The number of methoxy groups -OCH3 is 2. The Labute approximate surface area is 109 Å². The molecule has 0 radical (unpaired) electrons. The van der Waals surface area contributed by atoms with E-state index in [0.29, 0.717) is 0 Å². The van der Waals surface area contributed by atoms with Crippen molar-refractivity contribution in [1.82, 2.24) is 0 Å². The van der Waals surface area contributed by atoms with Gasteiger partial charge >= 0.3 is 109 Å². The van der Waals surface area contributed by atoms with E-state index in [9.17, 15) is 9.59 Å². The van der Waals surface area contributed by atoms with Crippen molar-refractivity contribution < 1.29 is 37.2 Å². The molecule has 0 aromatic heterocycles. The molecule has 0 atom stereocenters. The van der Waals surface area contributed by atoms with Crippen LogP contribution in [0.15, 0.2) is 11.4 Å². The topological polar surface area (TPSA) is 89.5 Å². The van der Waals surface area contributed by atoms with Gasteiger partial charge in [0.2, 0.25) is 0 Å². The number of rotatable bonds is 3. The van der Waals surface area contributed by atoms with Crippen molar-refractivity contribution in [2.24, 2.45) is 0 Å². The molecular weight excluding hydrogens is 279 g/mol. The second kappa shape index (κ2) is 5.15. The Balaban J connectivity index is 2.49. The predicted octanol–water partition coefficient (Wildman–Crippen LogP) is 0.523. The van der Waals surface area contributed by atoms with Gasteiger partial charge in [-0.1, -0.05) is 0 Å². The van der Waals surface area contributed by atoms with Crippen LogP contribution in [0.2, 0.25) is 0 Å². The number of hydrogen-bond acceptors (Lipinski definition) is 8. The fourth-order valence-electron chi connectivity index (χ4n) is 1.87. The van der Waals surface area contributed by atoms with Gasteiger partial charge in [0.1, 0.15) is 0 Å². The first-order chi connectivity index (χ1) is 9.06. The molecule has 0 aliphatic carbocycles. The quantitative estimate of drug-likeness (QED) is 0.423. The van der Waals surface area contributed by atoms with Crippen LogP contribution < -0.4 is 0 Å². The molecule has 0 saturated carbocycles. The summed E-state index contributed by atoms with van der Waals surface area (Å²) in [4.78, 5) is 23.3. The van der Waals surface area contributed by atoms with Gasteiger partial charge in [0.15, 0.2) is 0 Å². The van der Waals surface area contributed by atoms with Gasteiger partial charge in [0, 0.05) is 0 Å². The van der Waals surface area contributed by atoms with Gasteiger partial charge in [-0.3, -0.25) is 0 Å². The van der Waals surface area contributed by atoms with Gasteiger partial charge in [0.05, 0.1) is 0 Å². The Morgan fingerprint density at radius 2 is 1.42 bits per heavy atom. The summed E-state index contributed by atoms with van der Waals surface area (Å²) in [6.45, 7) is 0.807. The molecule has 0 aromatic rings. The third kappa shape index (κ3) is 2.26. The van der Waals surface area contributed by atoms with E-state index in [4.69, 9.17) is 18.1 Å². The van der Waals surface area contributed by atoms with Crippen molar-refractivity contribution in [3.8, 4) is 0 Å². The predicted molar refractivity (Wildman–Crippen MR) is 62.8 cm³/mol. The minimum absolute atomic E-state index is 0.202. The van der Waals surface area contributed by atoms with E-state index >= 15 is 0 Å². The van der Waals surface area contributed by atoms with E-state index in [0.717, 1.165) is 6.08 Å². The van der Waals surface area contributed by atoms with Crippen molar-refractivity contribution in [2.75, 3.05) is 40.6 Å². The van der Waals surface area contributed by atoms with E-state index in [2.05, 4.69) is 9.47 Å². The maximum atomic E-state index is 11.9. The molecule has 1 spiro atoms. The normalized spacial score (nSPS) is 26.6. The molecule has 0 bridgehead atoms. The van der Waals surface area contributed by atoms with Gasteiger partial charge < -0.3 is 0 Å². The number of carbonyl (C=O) groups is 2. The monoisotopic (exact) mass is 294 g/mol. The second-order valence-corrected chi connectivity index (χ2v) is 6.83. The Morgan fingerprint density at radius 3 is 1.79 bits per heavy atom. The first-order valence-electron chi connectivity index (χ1n) is 5.57. The van der Waals surface area contributed by atoms with E-state index in [1.165, 1.54) is 14.2 Å². The van der Waals surface area contributed by atoms with Crippen LogP contribution in [0.5, 0.6) is 0 Å². The number of ether oxygens (including phenoxy) is 2. The first-order valence-corrected chi connectivity index (χ1v) is 7.48. The number of carbonyl (C=O) groups excluding carboxylic acids is 2. The second-order valence-electron chi connectivity index (χ2n) is 3.69. The molecule has 9 heteroatoms. The van der Waals surface area contributed by atoms with Crippen LogP contribution >= 0.6 is 7.51 Å². The Bertz CT molecular complexity index is 396. The van der Waals surface area contributed by atoms with Crippen LogP contribution in [0.4, 0.5) is 0 Å². The molecule has 0 amide bonds. The molecule has 0 N–H and O–H groups in total. The molecule has 2 saturated heterocycles. The zero-order valence-corrected chi connectivity index (χ0v) is 11.5. The van der Waals surface area contributed by atoms with Crippen molar-refractivity contribution in [1.29, 1.82) is 0 Å². The van der Waals surface area contributed by atoms with Crippen molar-refractivity contribution in [2.45, 2.75) is 0 Å². The zero-order chi connectivity index (χ0) is 14.0. The summed E-state index contributed by atoms with van der Waals surface area (Å²) < 4.78 is 31.2. The van der Waals surface area contributed by atoms with Crippen LogP contribution in [0.3, 0.4) is 0 Å². The Morgan fingerprint density at radius 1 is 0.947 bits per heavy atom. The van der Waals surface area contributed by atoms with Crippen LogP contribution in [0.1, 0.15) is 0 Å². The van der Waals surface area contributed by atoms with E-state index in [1.807, 2.05) is 0 Å². The average molecular weight is 294 g/mol. The average Bonchev–Trinajstić information content (AvgIpc) is 3.05. The molecule has 8 nitrogen and oxygen atoms in total. The number of hydrogen-bond donors (Lipinski definition) is 0. The van der Waals surface area contributed by atoms with Crippen LogP contribution in [-0.4, -0.2) is 52.6 Å². The summed E-state index contributed by atoms with van der Waals surface area (Å²) in [5.74, 6) is -1.57. The maximum absolute atomic E-state index is 11.9. The van der Waals surface area contributed by atoms with Crippen LogP contribution in [-0.2, 0) is 37.2 Å². The SMILES string of the molecule is COC(=O)/C=C(\C(=O)OC)P12(OCCO1)OCCO2. The fourth-order valence-corrected chi connectivity index (χ4v) is 5.14. The standard InChI is InChI=1S/C10H15O8P/c1-13-9(11)7-8(10(12)14-2)19(15-3-4-16-19)17-5-6-18-19/h7H,3-6H2,1-2H3/b8-7+. The third-order valence-electron chi connectivity index (χ3n) is 2.67. The molecule has 2 aliphatic rings. The van der Waals surface area contributed by atoms with Gasteiger partial charge in [-0.2, -0.15) is 0 Å². The Kier molecular flexibility index (Phi) is 3.89. The molecule has 0 unspecified atom stereocenters. The Hall–Kier alpha value is -1.05. The minimum atomic E-state index is -4.21. The van der Waals surface area contributed by atoms with E-state index in [-0.39, 0.29) is 31.7 Å². The van der Waals surface area contributed by atoms with Gasteiger partial charge in [-0.05, 0) is 0 Å². The molecule has 2 fully saturated rings. The summed E-state index contributed by atoms with van der Waals surface area (Å²) >= 11 is 0. The summed E-state index contributed by atoms with van der Waals surface area (Å²) in [5, 5.41) is -0.213. The van der Waals surface area contributed by atoms with Crippen molar-refractivity contribution in [3.63, 3.8) is 0 Å². The zero-order valence-electron chi connectivity index (χ0n) is 10.6. The van der Waals surface area contributed by atoms with Crippen molar-refractivity contribution >= 4 is 19.4 Å². The fraction of sp³-hybridized carbons (Fsp3) is 0.600. The van der Waals surface area contributed by atoms with Crippen LogP contribution in [0.25, 0.3) is 0 Å². The molecule has 2 heterocycles. The van der Waals surface area contributed by atoms with Crippen molar-refractivity contribution in [3.05, 3.63) is 11.4 Å². The first kappa shape index (κ1) is 14.4. The molecule has 2 aliphatic heterocycles. The van der Waals surface area contributed by atoms with E-state index in [1.54, 1.807) is 0 Å². The third-order valence-corrected chi connectivity index (χ3v) is 6.28. The van der Waals surface area contributed by atoms with Crippen LogP contribution in [0, 0.1) is 0 Å². The molecule has 0 aromatic carbocycles. The molecule has 19 heavy (non-hydrogen) atoms. The number of esters is 2. The summed E-state index contributed by atoms with van der Waals surface area (Å²) in [6.07, 6.45) is 0.931. The molecule has 2 rings (SSSR count). The molecular formula is C10H15O8P. The summed E-state index contributed by atoms with van der Waals surface area (Å²) in [5.41, 5.74) is 0. The molecule has 108 valence electrons. The van der Waals surface area contributed by atoms with Gasteiger partial charge in [0.25, 0.3) is 0 Å².